The molecule has 1 amide bonds. The van der Waals surface area contributed by atoms with Gasteiger partial charge in [-0.15, -0.1) is 6.58 Å². The number of allylic oxidation sites excluding steroid dienone is 1. The molecule has 0 spiro atoms. The number of pyridine rings is 1. The van der Waals surface area contributed by atoms with Crippen molar-refractivity contribution in [2.45, 2.75) is 31.8 Å². The van der Waals surface area contributed by atoms with Gasteiger partial charge in [0, 0.05) is 38.6 Å². The summed E-state index contributed by atoms with van der Waals surface area (Å²) in [6, 6.07) is 3.17. The van der Waals surface area contributed by atoms with Crippen molar-refractivity contribution in [2.75, 3.05) is 19.6 Å². The Morgan fingerprint density at radius 3 is 2.96 bits per heavy atom. The minimum Gasteiger partial charge on any atom is -0.481 e. The Morgan fingerprint density at radius 1 is 1.48 bits per heavy atom. The molecule has 1 unspecified atom stereocenters. The van der Waals surface area contributed by atoms with Gasteiger partial charge in [-0.3, -0.25) is 19.5 Å². The lowest BCUT2D eigenvalue weighted by Crippen LogP contribution is -2.57. The van der Waals surface area contributed by atoms with E-state index in [0.29, 0.717) is 26.2 Å². The SMILES string of the molecule is C=CCCCN1CCN(Cc2cccnc2)C(CC(=O)O)C1=O. The van der Waals surface area contributed by atoms with Crippen molar-refractivity contribution in [2.24, 2.45) is 0 Å². The number of rotatable bonds is 8. The molecule has 1 aromatic heterocycles. The minimum absolute atomic E-state index is 0.0911. The standard InChI is InChI=1S/C17H23N3O3/c1-2-3-4-8-19-9-10-20(13-14-6-5-7-18-12-14)15(17(19)23)11-16(21)22/h2,5-7,12,15H,1,3-4,8-11,13H2,(H,21,22). The number of hydrogen-bond acceptors (Lipinski definition) is 4. The number of piperazine rings is 1. The Balaban J connectivity index is 2.05. The second-order valence-corrected chi connectivity index (χ2v) is 5.70. The van der Waals surface area contributed by atoms with E-state index >= 15 is 0 Å². The highest BCUT2D eigenvalue weighted by molar-refractivity contribution is 5.86. The van der Waals surface area contributed by atoms with Crippen LogP contribution >= 0.6 is 0 Å². The van der Waals surface area contributed by atoms with Crippen LogP contribution < -0.4 is 0 Å². The highest BCUT2D eigenvalue weighted by Crippen LogP contribution is 2.18. The van der Waals surface area contributed by atoms with E-state index in [1.54, 1.807) is 17.3 Å². The molecule has 1 aliphatic rings. The van der Waals surface area contributed by atoms with Crippen molar-refractivity contribution in [3.05, 3.63) is 42.7 Å². The lowest BCUT2D eigenvalue weighted by atomic mass is 10.1. The van der Waals surface area contributed by atoms with Gasteiger partial charge in [-0.05, 0) is 24.5 Å². The highest BCUT2D eigenvalue weighted by Gasteiger charge is 2.35. The fourth-order valence-electron chi connectivity index (χ4n) is 2.83. The number of hydrogen-bond donors (Lipinski definition) is 1. The average Bonchev–Trinajstić information content (AvgIpc) is 2.54. The molecule has 2 rings (SSSR count). The predicted octanol–water partition coefficient (Wildman–Crippen LogP) is 1.54. The van der Waals surface area contributed by atoms with E-state index in [9.17, 15) is 9.59 Å². The molecule has 0 bridgehead atoms. The maximum absolute atomic E-state index is 12.6. The number of nitrogens with zero attached hydrogens (tertiary/aromatic N) is 3. The van der Waals surface area contributed by atoms with Crippen LogP contribution in [-0.4, -0.2) is 57.4 Å². The van der Waals surface area contributed by atoms with Gasteiger partial charge in [-0.25, -0.2) is 0 Å². The summed E-state index contributed by atoms with van der Waals surface area (Å²) in [6.07, 6.45) is 6.82. The highest BCUT2D eigenvalue weighted by atomic mass is 16.4. The van der Waals surface area contributed by atoms with Crippen molar-refractivity contribution in [1.29, 1.82) is 0 Å². The van der Waals surface area contributed by atoms with Gasteiger partial charge in [0.25, 0.3) is 0 Å². The number of carbonyl (C=O) groups excluding carboxylic acids is 1. The summed E-state index contributed by atoms with van der Waals surface area (Å²) in [6.45, 7) is 6.18. The van der Waals surface area contributed by atoms with Gasteiger partial charge in [0.05, 0.1) is 6.42 Å². The molecule has 0 saturated carbocycles. The molecule has 6 heteroatoms. The summed E-state index contributed by atoms with van der Waals surface area (Å²) in [4.78, 5) is 31.6. The van der Waals surface area contributed by atoms with E-state index < -0.39 is 12.0 Å². The Hall–Kier alpha value is -2.21. The Kier molecular flexibility index (Phi) is 6.29. The molecule has 1 N–H and O–H groups in total. The van der Waals surface area contributed by atoms with Crippen molar-refractivity contribution >= 4 is 11.9 Å². The number of carboxylic acid groups (broad SMARTS) is 1. The Labute approximate surface area is 136 Å². The van der Waals surface area contributed by atoms with Gasteiger partial charge < -0.3 is 10.0 Å². The van der Waals surface area contributed by atoms with Gasteiger partial charge >= 0.3 is 5.97 Å². The van der Waals surface area contributed by atoms with Crippen molar-refractivity contribution in [1.82, 2.24) is 14.8 Å². The van der Waals surface area contributed by atoms with Crippen LogP contribution in [0.5, 0.6) is 0 Å². The Morgan fingerprint density at radius 2 is 2.30 bits per heavy atom. The third-order valence-corrected chi connectivity index (χ3v) is 4.01. The maximum Gasteiger partial charge on any atom is 0.305 e. The summed E-state index contributed by atoms with van der Waals surface area (Å²) < 4.78 is 0. The Bertz CT molecular complexity index is 547. The molecule has 0 aromatic carbocycles. The summed E-state index contributed by atoms with van der Waals surface area (Å²) in [5.74, 6) is -1.04. The maximum atomic E-state index is 12.6. The van der Waals surface area contributed by atoms with Gasteiger partial charge in [0.2, 0.25) is 5.91 Å². The van der Waals surface area contributed by atoms with Gasteiger partial charge in [-0.1, -0.05) is 12.1 Å². The number of unbranched alkanes of at least 4 members (excludes halogenated alkanes) is 1. The monoisotopic (exact) mass is 317 g/mol. The third kappa shape index (κ3) is 4.89. The first-order valence-electron chi connectivity index (χ1n) is 7.86. The molecule has 1 aromatic rings. The van der Waals surface area contributed by atoms with Crippen LogP contribution in [0.4, 0.5) is 0 Å². The molecule has 1 aliphatic heterocycles. The second kappa shape index (κ2) is 8.43. The lowest BCUT2D eigenvalue weighted by Gasteiger charge is -2.40. The van der Waals surface area contributed by atoms with E-state index in [2.05, 4.69) is 11.6 Å². The van der Waals surface area contributed by atoms with Crippen LogP contribution in [0.25, 0.3) is 0 Å². The molecule has 1 atom stereocenters. The number of carbonyl (C=O) groups is 2. The molecule has 0 radical (unpaired) electrons. The minimum atomic E-state index is -0.951. The van der Waals surface area contributed by atoms with Crippen LogP contribution in [0.2, 0.25) is 0 Å². The molecule has 1 saturated heterocycles. The van der Waals surface area contributed by atoms with E-state index in [4.69, 9.17) is 5.11 Å². The van der Waals surface area contributed by atoms with E-state index in [-0.39, 0.29) is 12.3 Å². The van der Waals surface area contributed by atoms with Crippen molar-refractivity contribution in [3.8, 4) is 0 Å². The van der Waals surface area contributed by atoms with Crippen LogP contribution in [-0.2, 0) is 16.1 Å². The normalized spacial score (nSPS) is 18.9. The first-order chi connectivity index (χ1) is 11.1. The summed E-state index contributed by atoms with van der Waals surface area (Å²) in [7, 11) is 0. The smallest absolute Gasteiger partial charge is 0.305 e. The molecular weight excluding hydrogens is 294 g/mol. The zero-order valence-corrected chi connectivity index (χ0v) is 13.2. The number of aromatic nitrogens is 1. The second-order valence-electron chi connectivity index (χ2n) is 5.70. The van der Waals surface area contributed by atoms with E-state index in [0.717, 1.165) is 18.4 Å². The summed E-state index contributed by atoms with van der Waals surface area (Å²) >= 11 is 0. The fourth-order valence-corrected chi connectivity index (χ4v) is 2.83. The van der Waals surface area contributed by atoms with Gasteiger partial charge in [0.1, 0.15) is 6.04 Å². The quantitative estimate of drug-likeness (QED) is 0.581. The first-order valence-corrected chi connectivity index (χ1v) is 7.86. The zero-order chi connectivity index (χ0) is 16.7. The number of amides is 1. The van der Waals surface area contributed by atoms with Crippen LogP contribution in [0.1, 0.15) is 24.8 Å². The largest absolute Gasteiger partial charge is 0.481 e. The molecule has 6 nitrogen and oxygen atoms in total. The molecule has 1 fully saturated rings. The zero-order valence-electron chi connectivity index (χ0n) is 13.2. The molecule has 23 heavy (non-hydrogen) atoms. The molecule has 2 heterocycles. The van der Waals surface area contributed by atoms with Crippen molar-refractivity contribution < 1.29 is 14.7 Å². The van der Waals surface area contributed by atoms with Crippen LogP contribution in [0, 0.1) is 0 Å². The fraction of sp³-hybridized carbons (Fsp3) is 0.471. The van der Waals surface area contributed by atoms with E-state index in [1.807, 2.05) is 23.1 Å². The first kappa shape index (κ1) is 17.1. The number of aliphatic carboxylic acids is 1. The lowest BCUT2D eigenvalue weighted by molar-refractivity contribution is -0.149. The summed E-state index contributed by atoms with van der Waals surface area (Å²) in [5.41, 5.74) is 0.982. The number of carboxylic acids is 1. The predicted molar refractivity (Wildman–Crippen MR) is 86.7 cm³/mol. The van der Waals surface area contributed by atoms with Crippen LogP contribution in [0.3, 0.4) is 0 Å². The summed E-state index contributed by atoms with van der Waals surface area (Å²) in [5, 5.41) is 9.14. The van der Waals surface area contributed by atoms with Crippen molar-refractivity contribution in [3.63, 3.8) is 0 Å². The third-order valence-electron chi connectivity index (χ3n) is 4.01. The average molecular weight is 317 g/mol. The van der Waals surface area contributed by atoms with Gasteiger partial charge in [-0.2, -0.15) is 0 Å². The molecule has 124 valence electrons. The van der Waals surface area contributed by atoms with E-state index in [1.165, 1.54) is 0 Å². The molecule has 0 aliphatic carbocycles. The topological polar surface area (TPSA) is 73.7 Å². The van der Waals surface area contributed by atoms with Gasteiger partial charge in [0.15, 0.2) is 0 Å². The van der Waals surface area contributed by atoms with Crippen LogP contribution in [0.15, 0.2) is 37.2 Å². The molecular formula is C17H23N3O3.